The van der Waals surface area contributed by atoms with Crippen LogP contribution in [0.4, 0.5) is 4.39 Å². The molecule has 1 aromatic heterocycles. The number of furan rings is 1. The van der Waals surface area contributed by atoms with Crippen LogP contribution in [0.1, 0.15) is 23.8 Å². The third kappa shape index (κ3) is 2.04. The second-order valence-corrected chi connectivity index (χ2v) is 3.98. The van der Waals surface area contributed by atoms with Crippen LogP contribution < -0.4 is 5.32 Å². The maximum atomic E-state index is 13.2. The van der Waals surface area contributed by atoms with Crippen molar-refractivity contribution in [1.29, 1.82) is 0 Å². The molecule has 0 aliphatic rings. The summed E-state index contributed by atoms with van der Waals surface area (Å²) in [4.78, 5) is 0. The summed E-state index contributed by atoms with van der Waals surface area (Å²) in [5, 5.41) is 3.91. The minimum Gasteiger partial charge on any atom is -0.459 e. The number of nitrogens with one attached hydrogen (secondary N) is 1. The predicted octanol–water partition coefficient (Wildman–Crippen LogP) is 3.16. The first kappa shape index (κ1) is 11.7. The standard InChI is InChI=1S/C14H14FNO/c1-4-5-12(16-3)14-9(2)11-8-10(15)6-7-13(11)17-14/h1,6-8,12,16H,5H2,2-3H3. The van der Waals surface area contributed by atoms with Crippen LogP contribution in [0.25, 0.3) is 11.0 Å². The van der Waals surface area contributed by atoms with Crippen molar-refractivity contribution in [1.82, 2.24) is 5.32 Å². The van der Waals surface area contributed by atoms with Crippen molar-refractivity contribution >= 4 is 11.0 Å². The van der Waals surface area contributed by atoms with E-state index >= 15 is 0 Å². The van der Waals surface area contributed by atoms with Gasteiger partial charge in [-0.3, -0.25) is 0 Å². The van der Waals surface area contributed by atoms with E-state index in [4.69, 9.17) is 10.8 Å². The summed E-state index contributed by atoms with van der Waals surface area (Å²) in [7, 11) is 1.83. The molecule has 0 fully saturated rings. The second kappa shape index (κ2) is 4.60. The number of terminal acetylenes is 1. The Morgan fingerprint density at radius 2 is 2.29 bits per heavy atom. The predicted molar refractivity (Wildman–Crippen MR) is 66.2 cm³/mol. The average Bonchev–Trinajstić information content (AvgIpc) is 2.64. The van der Waals surface area contributed by atoms with Crippen LogP contribution in [0.15, 0.2) is 22.6 Å². The Balaban J connectivity index is 2.55. The van der Waals surface area contributed by atoms with Crippen molar-refractivity contribution in [3.05, 3.63) is 35.3 Å². The summed E-state index contributed by atoms with van der Waals surface area (Å²) in [6, 6.07) is 4.49. The lowest BCUT2D eigenvalue weighted by molar-refractivity contribution is 0.455. The lowest BCUT2D eigenvalue weighted by Crippen LogP contribution is -2.15. The first-order valence-electron chi connectivity index (χ1n) is 5.46. The van der Waals surface area contributed by atoms with Gasteiger partial charge in [0.1, 0.15) is 17.2 Å². The Kier molecular flexibility index (Phi) is 3.16. The molecule has 0 aliphatic heterocycles. The van der Waals surface area contributed by atoms with Crippen LogP contribution in [0.2, 0.25) is 0 Å². The molecule has 1 unspecified atom stereocenters. The molecule has 0 saturated carbocycles. The highest BCUT2D eigenvalue weighted by Crippen LogP contribution is 2.30. The SMILES string of the molecule is C#CCC(NC)c1oc2ccc(F)cc2c1C. The summed E-state index contributed by atoms with van der Waals surface area (Å²) in [6.45, 7) is 1.92. The van der Waals surface area contributed by atoms with E-state index < -0.39 is 0 Å². The Morgan fingerprint density at radius 1 is 1.53 bits per heavy atom. The normalized spacial score (nSPS) is 12.6. The first-order valence-corrected chi connectivity index (χ1v) is 5.46. The van der Waals surface area contributed by atoms with Crippen LogP contribution >= 0.6 is 0 Å². The Labute approximate surface area is 99.8 Å². The van der Waals surface area contributed by atoms with Crippen molar-refractivity contribution in [3.63, 3.8) is 0 Å². The van der Waals surface area contributed by atoms with Crippen LogP contribution in [0.5, 0.6) is 0 Å². The fourth-order valence-corrected chi connectivity index (χ4v) is 1.99. The highest BCUT2D eigenvalue weighted by molar-refractivity contribution is 5.82. The molecular formula is C14H14FNO. The van der Waals surface area contributed by atoms with Gasteiger partial charge in [0, 0.05) is 17.4 Å². The zero-order valence-corrected chi connectivity index (χ0v) is 9.88. The van der Waals surface area contributed by atoms with E-state index in [9.17, 15) is 4.39 Å². The number of hydrogen-bond donors (Lipinski definition) is 1. The molecule has 88 valence electrons. The van der Waals surface area contributed by atoms with Crippen LogP contribution in [-0.4, -0.2) is 7.05 Å². The zero-order valence-electron chi connectivity index (χ0n) is 9.88. The molecule has 1 N–H and O–H groups in total. The molecular weight excluding hydrogens is 217 g/mol. The van der Waals surface area contributed by atoms with Crippen molar-refractivity contribution < 1.29 is 8.81 Å². The van der Waals surface area contributed by atoms with Gasteiger partial charge in [0.2, 0.25) is 0 Å². The molecule has 0 radical (unpaired) electrons. The quantitative estimate of drug-likeness (QED) is 0.821. The van der Waals surface area contributed by atoms with E-state index in [2.05, 4.69) is 11.2 Å². The van der Waals surface area contributed by atoms with Gasteiger partial charge < -0.3 is 9.73 Å². The van der Waals surface area contributed by atoms with Crippen molar-refractivity contribution in [3.8, 4) is 12.3 Å². The van der Waals surface area contributed by atoms with Gasteiger partial charge in [0.15, 0.2) is 0 Å². The van der Waals surface area contributed by atoms with Gasteiger partial charge in [-0.15, -0.1) is 12.3 Å². The molecule has 0 amide bonds. The molecule has 1 aromatic carbocycles. The highest BCUT2D eigenvalue weighted by Gasteiger charge is 2.18. The van der Waals surface area contributed by atoms with Crippen molar-refractivity contribution in [2.24, 2.45) is 0 Å². The van der Waals surface area contributed by atoms with Gasteiger partial charge in [0.25, 0.3) is 0 Å². The number of hydrogen-bond acceptors (Lipinski definition) is 2. The zero-order chi connectivity index (χ0) is 12.4. The smallest absolute Gasteiger partial charge is 0.134 e. The second-order valence-electron chi connectivity index (χ2n) is 3.98. The van der Waals surface area contributed by atoms with Gasteiger partial charge in [-0.05, 0) is 32.2 Å². The molecule has 3 heteroatoms. The van der Waals surface area contributed by atoms with E-state index in [1.165, 1.54) is 12.1 Å². The van der Waals surface area contributed by atoms with E-state index in [0.717, 1.165) is 16.7 Å². The van der Waals surface area contributed by atoms with Gasteiger partial charge in [-0.2, -0.15) is 0 Å². The van der Waals surface area contributed by atoms with Crippen molar-refractivity contribution in [2.75, 3.05) is 7.05 Å². The largest absolute Gasteiger partial charge is 0.459 e. The Hall–Kier alpha value is -1.79. The van der Waals surface area contributed by atoms with Gasteiger partial charge in [-0.25, -0.2) is 4.39 Å². The topological polar surface area (TPSA) is 25.2 Å². The summed E-state index contributed by atoms with van der Waals surface area (Å²) in [6.07, 6.45) is 5.86. The number of halogens is 1. The maximum absolute atomic E-state index is 13.2. The third-order valence-electron chi connectivity index (χ3n) is 2.92. The maximum Gasteiger partial charge on any atom is 0.134 e. The van der Waals surface area contributed by atoms with E-state index in [-0.39, 0.29) is 11.9 Å². The van der Waals surface area contributed by atoms with E-state index in [1.807, 2.05) is 14.0 Å². The number of benzene rings is 1. The lowest BCUT2D eigenvalue weighted by atomic mass is 10.1. The van der Waals surface area contributed by atoms with Gasteiger partial charge >= 0.3 is 0 Å². The lowest BCUT2D eigenvalue weighted by Gasteiger charge is -2.10. The fraction of sp³-hybridized carbons (Fsp3) is 0.286. The average molecular weight is 231 g/mol. The molecule has 0 bridgehead atoms. The summed E-state index contributed by atoms with van der Waals surface area (Å²) in [5.74, 6) is 3.13. The molecule has 0 aliphatic carbocycles. The van der Waals surface area contributed by atoms with Crippen LogP contribution in [0, 0.1) is 25.1 Å². The monoisotopic (exact) mass is 231 g/mol. The summed E-state index contributed by atoms with van der Waals surface area (Å²) >= 11 is 0. The molecule has 2 nitrogen and oxygen atoms in total. The molecule has 0 spiro atoms. The number of aryl methyl sites for hydroxylation is 1. The minimum atomic E-state index is -0.258. The third-order valence-corrected chi connectivity index (χ3v) is 2.92. The molecule has 0 saturated heterocycles. The molecule has 1 heterocycles. The van der Waals surface area contributed by atoms with Gasteiger partial charge in [-0.1, -0.05) is 0 Å². The Morgan fingerprint density at radius 3 is 2.94 bits per heavy atom. The summed E-state index contributed by atoms with van der Waals surface area (Å²) < 4.78 is 18.9. The fourth-order valence-electron chi connectivity index (χ4n) is 1.99. The molecule has 2 aromatic rings. The highest BCUT2D eigenvalue weighted by atomic mass is 19.1. The molecule has 1 atom stereocenters. The molecule has 2 rings (SSSR count). The Bertz CT molecular complexity index is 580. The van der Waals surface area contributed by atoms with Crippen molar-refractivity contribution in [2.45, 2.75) is 19.4 Å². The van der Waals surface area contributed by atoms with E-state index in [0.29, 0.717) is 12.0 Å². The number of rotatable bonds is 3. The number of fused-ring (bicyclic) bond motifs is 1. The van der Waals surface area contributed by atoms with Crippen LogP contribution in [0.3, 0.4) is 0 Å². The molecule has 17 heavy (non-hydrogen) atoms. The first-order chi connectivity index (χ1) is 8.17. The van der Waals surface area contributed by atoms with E-state index in [1.54, 1.807) is 6.07 Å². The minimum absolute atomic E-state index is 0.0320. The van der Waals surface area contributed by atoms with Crippen LogP contribution in [-0.2, 0) is 0 Å². The summed E-state index contributed by atoms with van der Waals surface area (Å²) in [5.41, 5.74) is 1.63. The van der Waals surface area contributed by atoms with Gasteiger partial charge in [0.05, 0.1) is 6.04 Å².